The van der Waals surface area contributed by atoms with Crippen LogP contribution >= 0.6 is 27.3 Å². The first-order valence-electron chi connectivity index (χ1n) is 5.40. The van der Waals surface area contributed by atoms with Crippen molar-refractivity contribution in [3.05, 3.63) is 27.9 Å². The summed E-state index contributed by atoms with van der Waals surface area (Å²) in [5.74, 6) is -0.124. The lowest BCUT2D eigenvalue weighted by molar-refractivity contribution is -0.138. The number of carbonyl (C=O) groups is 1. The van der Waals surface area contributed by atoms with Crippen LogP contribution in [0.3, 0.4) is 0 Å². The molecule has 96 valence electrons. The molecule has 0 bridgehead atoms. The third kappa shape index (κ3) is 2.81. The van der Waals surface area contributed by atoms with Gasteiger partial charge in [0.15, 0.2) is 0 Å². The van der Waals surface area contributed by atoms with Crippen molar-refractivity contribution in [2.75, 3.05) is 0 Å². The zero-order chi connectivity index (χ0) is 13.3. The Bertz CT molecular complexity index is 574. The molecule has 0 spiro atoms. The van der Waals surface area contributed by atoms with Crippen LogP contribution < -0.4 is 0 Å². The van der Waals surface area contributed by atoms with Crippen LogP contribution in [0.25, 0.3) is 10.6 Å². The van der Waals surface area contributed by atoms with Gasteiger partial charge in [0, 0.05) is 15.3 Å². The average Bonchev–Trinajstić information content (AvgIpc) is 2.83. The highest BCUT2D eigenvalue weighted by atomic mass is 79.9. The van der Waals surface area contributed by atoms with Gasteiger partial charge in [-0.2, -0.15) is 0 Å². The molecule has 0 radical (unpaired) electrons. The molecule has 2 N–H and O–H groups in total. The predicted octanol–water partition coefficient (Wildman–Crippen LogP) is 3.65. The fourth-order valence-electron chi connectivity index (χ4n) is 1.71. The molecule has 0 aliphatic rings. The number of hydrogen-bond donors (Lipinski definition) is 2. The lowest BCUT2D eigenvalue weighted by Gasteiger charge is -2.19. The summed E-state index contributed by atoms with van der Waals surface area (Å²) in [5.41, 5.74) is 0.414. The number of imidazole rings is 1. The summed E-state index contributed by atoms with van der Waals surface area (Å²) in [7, 11) is 0. The van der Waals surface area contributed by atoms with Crippen molar-refractivity contribution in [2.24, 2.45) is 0 Å². The van der Waals surface area contributed by atoms with E-state index in [4.69, 9.17) is 5.11 Å². The number of H-pyrrole nitrogens is 1. The van der Waals surface area contributed by atoms with Gasteiger partial charge in [-0.3, -0.25) is 4.79 Å². The molecule has 0 aromatic carbocycles. The van der Waals surface area contributed by atoms with Crippen LogP contribution in [0, 0.1) is 0 Å². The van der Waals surface area contributed by atoms with Crippen LogP contribution in [-0.4, -0.2) is 21.0 Å². The topological polar surface area (TPSA) is 66.0 Å². The molecule has 4 nitrogen and oxygen atoms in total. The van der Waals surface area contributed by atoms with Gasteiger partial charge in [-0.1, -0.05) is 13.8 Å². The number of halogens is 1. The van der Waals surface area contributed by atoms with Gasteiger partial charge in [0.1, 0.15) is 5.82 Å². The van der Waals surface area contributed by atoms with Crippen LogP contribution in [0.2, 0.25) is 0 Å². The van der Waals surface area contributed by atoms with Crippen molar-refractivity contribution in [3.63, 3.8) is 0 Å². The molecule has 0 amide bonds. The van der Waals surface area contributed by atoms with Crippen LogP contribution in [0.5, 0.6) is 0 Å². The van der Waals surface area contributed by atoms with E-state index in [-0.39, 0.29) is 6.42 Å². The first-order valence-corrected chi connectivity index (χ1v) is 7.07. The molecule has 6 heteroatoms. The molecule has 2 aromatic rings. The first kappa shape index (κ1) is 13.3. The van der Waals surface area contributed by atoms with E-state index in [1.165, 1.54) is 0 Å². The molecule has 0 aliphatic carbocycles. The zero-order valence-electron chi connectivity index (χ0n) is 10.0. The Balaban J connectivity index is 2.27. The normalized spacial score (nSPS) is 11.7. The highest BCUT2D eigenvalue weighted by molar-refractivity contribution is 9.10. The van der Waals surface area contributed by atoms with E-state index in [1.54, 1.807) is 17.5 Å². The Labute approximate surface area is 117 Å². The van der Waals surface area contributed by atoms with Crippen molar-refractivity contribution in [1.82, 2.24) is 9.97 Å². The van der Waals surface area contributed by atoms with Crippen molar-refractivity contribution in [2.45, 2.75) is 25.7 Å². The van der Waals surface area contributed by atoms with Crippen LogP contribution in [0.1, 0.15) is 26.1 Å². The monoisotopic (exact) mass is 328 g/mol. The van der Waals surface area contributed by atoms with Gasteiger partial charge in [-0.15, -0.1) is 11.3 Å². The number of aliphatic carboxylic acids is 1. The van der Waals surface area contributed by atoms with Crippen molar-refractivity contribution in [3.8, 4) is 10.6 Å². The zero-order valence-corrected chi connectivity index (χ0v) is 12.4. The summed E-state index contributed by atoms with van der Waals surface area (Å²) in [6.07, 6.45) is 1.80. The molecule has 2 rings (SSSR count). The fraction of sp³-hybridized carbons (Fsp3) is 0.333. The number of aromatic amines is 1. The van der Waals surface area contributed by atoms with Gasteiger partial charge >= 0.3 is 5.97 Å². The number of nitrogens with one attached hydrogen (secondary N) is 1. The van der Waals surface area contributed by atoms with Crippen molar-refractivity contribution in [1.29, 1.82) is 0 Å². The average molecular weight is 329 g/mol. The van der Waals surface area contributed by atoms with Crippen LogP contribution in [0.15, 0.2) is 22.1 Å². The van der Waals surface area contributed by atoms with Gasteiger partial charge in [-0.25, -0.2) is 4.98 Å². The molecule has 18 heavy (non-hydrogen) atoms. The molecule has 2 aromatic heterocycles. The second kappa shape index (κ2) is 4.85. The number of nitrogens with zero attached hydrogens (tertiary/aromatic N) is 1. The van der Waals surface area contributed by atoms with E-state index in [0.717, 1.165) is 15.0 Å². The Kier molecular flexibility index (Phi) is 3.59. The summed E-state index contributed by atoms with van der Waals surface area (Å²) in [4.78, 5) is 19.4. The third-order valence-electron chi connectivity index (χ3n) is 2.64. The van der Waals surface area contributed by atoms with Gasteiger partial charge in [0.05, 0.1) is 23.2 Å². The number of thiophene rings is 1. The summed E-state index contributed by atoms with van der Waals surface area (Å²) < 4.78 is 1.03. The number of aromatic nitrogens is 2. The molecule has 0 saturated carbocycles. The lowest BCUT2D eigenvalue weighted by atomic mass is 9.88. The molecule has 0 unspecified atom stereocenters. The second-order valence-corrected chi connectivity index (χ2v) is 6.56. The maximum atomic E-state index is 10.8. The van der Waals surface area contributed by atoms with Gasteiger partial charge in [-0.05, 0) is 22.0 Å². The Hall–Kier alpha value is -1.14. The van der Waals surface area contributed by atoms with E-state index in [0.29, 0.717) is 5.82 Å². The third-order valence-corrected chi connectivity index (χ3v) is 4.37. The molecular formula is C12H13BrN2O2S. The second-order valence-electron chi connectivity index (χ2n) is 4.73. The van der Waals surface area contributed by atoms with Crippen molar-refractivity contribution >= 4 is 33.2 Å². The smallest absolute Gasteiger partial charge is 0.304 e. The van der Waals surface area contributed by atoms with E-state index >= 15 is 0 Å². The fourth-order valence-corrected chi connectivity index (χ4v) is 3.10. The summed E-state index contributed by atoms with van der Waals surface area (Å²) in [6.45, 7) is 3.74. The number of carboxylic acids is 1. The largest absolute Gasteiger partial charge is 0.481 e. The lowest BCUT2D eigenvalue weighted by Crippen LogP contribution is -2.23. The van der Waals surface area contributed by atoms with E-state index in [9.17, 15) is 4.79 Å². The quantitative estimate of drug-likeness (QED) is 0.900. The highest BCUT2D eigenvalue weighted by Crippen LogP contribution is 2.31. The van der Waals surface area contributed by atoms with Gasteiger partial charge in [0.25, 0.3) is 0 Å². The standard InChI is InChI=1S/C12H13BrN2O2S/c1-12(2,4-10(16)17)11-14-5-8(15-11)9-3-7(13)6-18-9/h3,5-6H,4H2,1-2H3,(H,14,15)(H,16,17). The minimum Gasteiger partial charge on any atom is -0.481 e. The van der Waals surface area contributed by atoms with Crippen LogP contribution in [-0.2, 0) is 10.2 Å². The van der Waals surface area contributed by atoms with Gasteiger partial charge in [0.2, 0.25) is 0 Å². The van der Waals surface area contributed by atoms with Crippen LogP contribution in [0.4, 0.5) is 0 Å². The number of hydrogen-bond acceptors (Lipinski definition) is 3. The molecule has 0 saturated heterocycles. The van der Waals surface area contributed by atoms with Gasteiger partial charge < -0.3 is 10.1 Å². The maximum absolute atomic E-state index is 10.8. The molecular weight excluding hydrogens is 316 g/mol. The molecule has 0 aliphatic heterocycles. The molecule has 2 heterocycles. The number of carboxylic acid groups (broad SMARTS) is 1. The summed E-state index contributed by atoms with van der Waals surface area (Å²) in [5, 5.41) is 10.9. The molecule has 0 atom stereocenters. The number of rotatable bonds is 4. The van der Waals surface area contributed by atoms with E-state index in [1.807, 2.05) is 25.3 Å². The summed E-state index contributed by atoms with van der Waals surface area (Å²) in [6, 6.07) is 2.01. The minimum atomic E-state index is -0.822. The Morgan fingerprint density at radius 2 is 2.33 bits per heavy atom. The van der Waals surface area contributed by atoms with Crippen molar-refractivity contribution < 1.29 is 9.90 Å². The maximum Gasteiger partial charge on any atom is 0.304 e. The highest BCUT2D eigenvalue weighted by Gasteiger charge is 2.27. The first-order chi connectivity index (χ1) is 8.38. The predicted molar refractivity (Wildman–Crippen MR) is 74.9 cm³/mol. The van der Waals surface area contributed by atoms with E-state index in [2.05, 4.69) is 25.9 Å². The Morgan fingerprint density at radius 1 is 1.61 bits per heavy atom. The molecule has 0 fully saturated rings. The Morgan fingerprint density at radius 3 is 2.89 bits per heavy atom. The summed E-state index contributed by atoms with van der Waals surface area (Å²) >= 11 is 5.01. The minimum absolute atomic E-state index is 0.0497. The van der Waals surface area contributed by atoms with E-state index < -0.39 is 11.4 Å². The SMILES string of the molecule is CC(C)(CC(=O)O)c1ncc(-c2cc(Br)cs2)[nH]1.